The largest absolute Gasteiger partial charge is 0.322 e. The Morgan fingerprint density at radius 2 is 1.73 bits per heavy atom. The van der Waals surface area contributed by atoms with Gasteiger partial charge in [0.1, 0.15) is 11.4 Å². The molecule has 0 radical (unpaired) electrons. The number of benzene rings is 1. The van der Waals surface area contributed by atoms with Gasteiger partial charge in [-0.2, -0.15) is 4.31 Å². The van der Waals surface area contributed by atoms with Gasteiger partial charge in [0, 0.05) is 32.7 Å². The van der Waals surface area contributed by atoms with E-state index in [-0.39, 0.29) is 5.82 Å². The molecule has 0 aliphatic carbocycles. The van der Waals surface area contributed by atoms with Crippen LogP contribution in [0.5, 0.6) is 0 Å². The van der Waals surface area contributed by atoms with E-state index in [0.717, 1.165) is 5.56 Å². The summed E-state index contributed by atoms with van der Waals surface area (Å²) in [5.74, 6) is -1.41. The Kier molecular flexibility index (Phi) is 5.00. The minimum Gasteiger partial charge on any atom is -0.322 e. The fourth-order valence-electron chi connectivity index (χ4n) is 3.15. The lowest BCUT2D eigenvalue weighted by Crippen LogP contribution is -2.55. The quantitative estimate of drug-likeness (QED) is 0.689. The Morgan fingerprint density at radius 3 is 2.27 bits per heavy atom. The van der Waals surface area contributed by atoms with Crippen molar-refractivity contribution in [2.24, 2.45) is 0 Å². The number of nitrogens with one attached hydrogen (secondary N) is 2. The number of carbonyl (C=O) groups is 2. The maximum absolute atomic E-state index is 13.0. The van der Waals surface area contributed by atoms with E-state index in [1.165, 1.54) is 23.4 Å². The van der Waals surface area contributed by atoms with Crippen molar-refractivity contribution in [3.05, 3.63) is 35.6 Å². The zero-order chi connectivity index (χ0) is 18.9. The number of imide groups is 1. The van der Waals surface area contributed by atoms with E-state index in [1.54, 1.807) is 12.1 Å². The van der Waals surface area contributed by atoms with Crippen molar-refractivity contribution in [2.45, 2.75) is 19.0 Å². The van der Waals surface area contributed by atoms with Crippen LogP contribution in [0.2, 0.25) is 0 Å². The second-order valence-electron chi connectivity index (χ2n) is 6.80. The first-order valence-corrected chi connectivity index (χ1v) is 9.87. The molecule has 2 aliphatic rings. The van der Waals surface area contributed by atoms with Gasteiger partial charge in [0.15, 0.2) is 0 Å². The second-order valence-corrected chi connectivity index (χ2v) is 8.77. The second kappa shape index (κ2) is 6.93. The molecule has 142 valence electrons. The molecule has 2 saturated heterocycles. The first-order chi connectivity index (χ1) is 12.2. The van der Waals surface area contributed by atoms with Gasteiger partial charge in [0.25, 0.3) is 5.91 Å². The molecule has 10 heteroatoms. The van der Waals surface area contributed by atoms with Crippen molar-refractivity contribution < 1.29 is 22.4 Å². The van der Waals surface area contributed by atoms with Gasteiger partial charge in [0.05, 0.1) is 5.75 Å². The molecule has 26 heavy (non-hydrogen) atoms. The molecule has 8 nitrogen and oxygen atoms in total. The van der Waals surface area contributed by atoms with E-state index >= 15 is 0 Å². The van der Waals surface area contributed by atoms with Gasteiger partial charge < -0.3 is 5.32 Å². The Bertz CT molecular complexity index is 806. The molecule has 1 aromatic rings. The van der Waals surface area contributed by atoms with Crippen molar-refractivity contribution in [3.8, 4) is 0 Å². The predicted octanol–water partition coefficient (Wildman–Crippen LogP) is -0.129. The molecule has 2 heterocycles. The summed E-state index contributed by atoms with van der Waals surface area (Å²) in [5.41, 5.74) is -0.498. The summed E-state index contributed by atoms with van der Waals surface area (Å²) < 4.78 is 39.6. The van der Waals surface area contributed by atoms with E-state index in [2.05, 4.69) is 15.5 Å². The minimum atomic E-state index is -3.70. The van der Waals surface area contributed by atoms with Crippen LogP contribution in [0, 0.1) is 5.82 Å². The molecule has 3 rings (SSSR count). The molecular weight excluding hydrogens is 363 g/mol. The van der Waals surface area contributed by atoms with Crippen LogP contribution in [-0.2, 0) is 21.4 Å². The number of hydrogen-bond acceptors (Lipinski definition) is 5. The van der Waals surface area contributed by atoms with Crippen molar-refractivity contribution in [3.63, 3.8) is 0 Å². The Morgan fingerprint density at radius 1 is 1.12 bits per heavy atom. The molecule has 0 aromatic heterocycles. The van der Waals surface area contributed by atoms with Crippen LogP contribution < -0.4 is 10.6 Å². The first kappa shape index (κ1) is 18.7. The lowest BCUT2D eigenvalue weighted by atomic mass is 10.1. The van der Waals surface area contributed by atoms with Gasteiger partial charge in [-0.25, -0.2) is 17.6 Å². The molecule has 1 atom stereocenters. The standard InChI is InChI=1S/C16H21FN4O4S/c1-16(14(22)18-15(23)19-16)11-26(24,25)21-8-6-20(7-9-21)10-12-2-4-13(17)5-3-12/h2-5H,6-11H2,1H3,(H2,18,19,22,23)/t16-/m1/s1. The molecule has 1 aromatic carbocycles. The van der Waals surface area contributed by atoms with Crippen LogP contribution in [0.4, 0.5) is 9.18 Å². The SMILES string of the molecule is C[C@]1(CS(=O)(=O)N2CCN(Cc3ccc(F)cc3)CC2)NC(=O)NC1=O. The lowest BCUT2D eigenvalue weighted by Gasteiger charge is -2.35. The first-order valence-electron chi connectivity index (χ1n) is 8.26. The van der Waals surface area contributed by atoms with E-state index in [1.807, 2.05) is 0 Å². The lowest BCUT2D eigenvalue weighted by molar-refractivity contribution is -0.122. The molecule has 0 saturated carbocycles. The van der Waals surface area contributed by atoms with E-state index in [9.17, 15) is 22.4 Å². The summed E-state index contributed by atoms with van der Waals surface area (Å²) in [6.07, 6.45) is 0. The average Bonchev–Trinajstić information content (AvgIpc) is 2.81. The van der Waals surface area contributed by atoms with Gasteiger partial charge in [-0.1, -0.05) is 12.1 Å². The molecule has 2 aliphatic heterocycles. The maximum atomic E-state index is 13.0. The van der Waals surface area contributed by atoms with E-state index < -0.39 is 33.3 Å². The molecule has 0 bridgehead atoms. The highest BCUT2D eigenvalue weighted by molar-refractivity contribution is 7.89. The van der Waals surface area contributed by atoms with Gasteiger partial charge in [-0.3, -0.25) is 15.0 Å². The third-order valence-electron chi connectivity index (χ3n) is 4.63. The molecule has 3 amide bonds. The van der Waals surface area contributed by atoms with Crippen molar-refractivity contribution in [1.82, 2.24) is 19.8 Å². The smallest absolute Gasteiger partial charge is 0.322 e. The van der Waals surface area contributed by atoms with Crippen LogP contribution in [0.25, 0.3) is 0 Å². The number of sulfonamides is 1. The fraction of sp³-hybridized carbons (Fsp3) is 0.500. The molecule has 2 fully saturated rings. The summed E-state index contributed by atoms with van der Waals surface area (Å²) in [7, 11) is -3.70. The van der Waals surface area contributed by atoms with E-state index in [0.29, 0.717) is 32.7 Å². The topological polar surface area (TPSA) is 98.8 Å². The number of amides is 3. The number of carbonyl (C=O) groups excluding carboxylic acids is 2. The van der Waals surface area contributed by atoms with Gasteiger partial charge in [0.2, 0.25) is 10.0 Å². The van der Waals surface area contributed by atoms with Crippen molar-refractivity contribution in [1.29, 1.82) is 0 Å². The summed E-state index contributed by atoms with van der Waals surface area (Å²) in [4.78, 5) is 25.2. The number of hydrogen-bond donors (Lipinski definition) is 2. The Hall–Kier alpha value is -2.04. The number of rotatable bonds is 5. The Labute approximate surface area is 151 Å². The van der Waals surface area contributed by atoms with Gasteiger partial charge >= 0.3 is 6.03 Å². The maximum Gasteiger partial charge on any atom is 0.322 e. The zero-order valence-corrected chi connectivity index (χ0v) is 15.2. The summed E-state index contributed by atoms with van der Waals surface area (Å²) in [6.45, 7) is 3.68. The van der Waals surface area contributed by atoms with Gasteiger partial charge in [-0.05, 0) is 24.6 Å². The summed E-state index contributed by atoms with van der Waals surface area (Å²) >= 11 is 0. The molecular formula is C16H21FN4O4S. The van der Waals surface area contributed by atoms with Crippen LogP contribution in [0.1, 0.15) is 12.5 Å². The number of halogens is 1. The zero-order valence-electron chi connectivity index (χ0n) is 14.4. The third-order valence-corrected chi connectivity index (χ3v) is 6.73. The number of piperazine rings is 1. The van der Waals surface area contributed by atoms with E-state index in [4.69, 9.17) is 0 Å². The van der Waals surface area contributed by atoms with Crippen LogP contribution >= 0.6 is 0 Å². The highest BCUT2D eigenvalue weighted by Crippen LogP contribution is 2.18. The number of urea groups is 1. The predicted molar refractivity (Wildman–Crippen MR) is 92.1 cm³/mol. The Balaban J connectivity index is 1.57. The summed E-state index contributed by atoms with van der Waals surface area (Å²) in [5, 5.41) is 4.44. The van der Waals surface area contributed by atoms with Gasteiger partial charge in [-0.15, -0.1) is 0 Å². The minimum absolute atomic E-state index is 0.291. The fourth-order valence-corrected chi connectivity index (χ4v) is 4.99. The molecule has 0 spiro atoms. The normalized spacial score (nSPS) is 25.2. The molecule has 2 N–H and O–H groups in total. The highest BCUT2D eigenvalue weighted by atomic mass is 32.2. The molecule has 0 unspecified atom stereocenters. The van der Waals surface area contributed by atoms with Crippen LogP contribution in [-0.4, -0.2) is 67.0 Å². The monoisotopic (exact) mass is 384 g/mol. The third kappa shape index (κ3) is 4.02. The van der Waals surface area contributed by atoms with Crippen molar-refractivity contribution >= 4 is 22.0 Å². The van der Waals surface area contributed by atoms with Crippen LogP contribution in [0.15, 0.2) is 24.3 Å². The van der Waals surface area contributed by atoms with Crippen LogP contribution in [0.3, 0.4) is 0 Å². The average molecular weight is 384 g/mol. The number of nitrogens with zero attached hydrogens (tertiary/aromatic N) is 2. The highest BCUT2D eigenvalue weighted by Gasteiger charge is 2.46. The summed E-state index contributed by atoms with van der Waals surface area (Å²) in [6, 6.07) is 5.54. The van der Waals surface area contributed by atoms with Crippen molar-refractivity contribution in [2.75, 3.05) is 31.9 Å².